The van der Waals surface area contributed by atoms with Crippen LogP contribution in [0.5, 0.6) is 0 Å². The average Bonchev–Trinajstić information content (AvgIpc) is 2.64. The van der Waals surface area contributed by atoms with E-state index >= 15 is 0 Å². The van der Waals surface area contributed by atoms with Crippen molar-refractivity contribution in [2.24, 2.45) is 0 Å². The van der Waals surface area contributed by atoms with E-state index in [-0.39, 0.29) is 0 Å². The molecule has 120 valence electrons. The third-order valence-corrected chi connectivity index (χ3v) is 4.07. The maximum atomic E-state index is 11.3. The van der Waals surface area contributed by atoms with Gasteiger partial charge in [-0.05, 0) is 16.7 Å². The molecule has 0 radical (unpaired) electrons. The van der Waals surface area contributed by atoms with Gasteiger partial charge in [-0.1, -0.05) is 84.9 Å². The van der Waals surface area contributed by atoms with E-state index in [1.807, 2.05) is 36.4 Å². The summed E-state index contributed by atoms with van der Waals surface area (Å²) in [6.07, 6.45) is 0.943. The Morgan fingerprint density at radius 3 is 1.67 bits per heavy atom. The number of nitrogens with zero attached hydrogens (tertiary/aromatic N) is 1. The minimum Gasteiger partial charge on any atom is -0.298 e. The Morgan fingerprint density at radius 1 is 0.625 bits per heavy atom. The van der Waals surface area contributed by atoms with Crippen LogP contribution in [0.25, 0.3) is 0 Å². The summed E-state index contributed by atoms with van der Waals surface area (Å²) in [5, 5.41) is 0. The third kappa shape index (κ3) is 4.40. The largest absolute Gasteiger partial charge is 0.298 e. The van der Waals surface area contributed by atoms with E-state index in [1.165, 1.54) is 11.1 Å². The second-order valence-corrected chi connectivity index (χ2v) is 5.93. The molecule has 2 heteroatoms. The van der Waals surface area contributed by atoms with Gasteiger partial charge in [-0.25, -0.2) is 0 Å². The lowest BCUT2D eigenvalue weighted by Crippen LogP contribution is -2.23. The van der Waals surface area contributed by atoms with E-state index in [0.717, 1.165) is 37.0 Å². The predicted molar refractivity (Wildman–Crippen MR) is 97.7 cm³/mol. The lowest BCUT2D eigenvalue weighted by molar-refractivity contribution is 0.112. The van der Waals surface area contributed by atoms with Crippen molar-refractivity contribution in [3.63, 3.8) is 0 Å². The summed E-state index contributed by atoms with van der Waals surface area (Å²) in [5.41, 5.74) is 4.39. The number of hydrogen-bond donors (Lipinski definition) is 0. The molecule has 3 aromatic carbocycles. The second kappa shape index (κ2) is 8.23. The van der Waals surface area contributed by atoms with Crippen LogP contribution in [0.2, 0.25) is 0 Å². The minimum absolute atomic E-state index is 0.749. The summed E-state index contributed by atoms with van der Waals surface area (Å²) in [6.45, 7) is 2.45. The average molecular weight is 315 g/mol. The lowest BCUT2D eigenvalue weighted by atomic mass is 10.1. The Hall–Kier alpha value is -2.71. The number of hydrogen-bond acceptors (Lipinski definition) is 2. The van der Waals surface area contributed by atoms with Crippen LogP contribution in [-0.2, 0) is 19.6 Å². The molecular formula is C22H21NO. The van der Waals surface area contributed by atoms with Gasteiger partial charge < -0.3 is 0 Å². The van der Waals surface area contributed by atoms with Crippen LogP contribution in [0, 0.1) is 0 Å². The molecule has 0 saturated heterocycles. The molecule has 24 heavy (non-hydrogen) atoms. The SMILES string of the molecule is O=Cc1ccccc1CN(Cc1ccccc1)Cc1ccccc1. The molecule has 0 saturated carbocycles. The van der Waals surface area contributed by atoms with Crippen LogP contribution < -0.4 is 0 Å². The van der Waals surface area contributed by atoms with Crippen molar-refractivity contribution < 1.29 is 4.79 Å². The molecule has 0 N–H and O–H groups in total. The summed E-state index contributed by atoms with van der Waals surface area (Å²) in [7, 11) is 0. The molecule has 0 fully saturated rings. The molecule has 0 aliphatic heterocycles. The quantitative estimate of drug-likeness (QED) is 0.589. The smallest absolute Gasteiger partial charge is 0.150 e. The zero-order chi connectivity index (χ0) is 16.6. The third-order valence-electron chi connectivity index (χ3n) is 4.07. The number of carbonyl (C=O) groups is 1. The van der Waals surface area contributed by atoms with Gasteiger partial charge in [-0.15, -0.1) is 0 Å². The number of rotatable bonds is 7. The first kappa shape index (κ1) is 16.2. The molecule has 0 aromatic heterocycles. The van der Waals surface area contributed by atoms with E-state index < -0.39 is 0 Å². The van der Waals surface area contributed by atoms with Gasteiger partial charge in [0.2, 0.25) is 0 Å². The Bertz CT molecular complexity index is 727. The Balaban J connectivity index is 1.82. The Morgan fingerprint density at radius 2 is 1.12 bits per heavy atom. The highest BCUT2D eigenvalue weighted by molar-refractivity contribution is 5.77. The van der Waals surface area contributed by atoms with Crippen molar-refractivity contribution in [2.45, 2.75) is 19.6 Å². The van der Waals surface area contributed by atoms with Gasteiger partial charge in [0.15, 0.2) is 0 Å². The van der Waals surface area contributed by atoms with Crippen LogP contribution in [0.15, 0.2) is 84.9 Å². The van der Waals surface area contributed by atoms with Crippen molar-refractivity contribution in [3.05, 3.63) is 107 Å². The molecule has 0 aliphatic carbocycles. The van der Waals surface area contributed by atoms with Crippen molar-refractivity contribution in [3.8, 4) is 0 Å². The molecule has 3 rings (SSSR count). The van der Waals surface area contributed by atoms with Gasteiger partial charge in [-0.2, -0.15) is 0 Å². The van der Waals surface area contributed by atoms with E-state index in [0.29, 0.717) is 0 Å². The van der Waals surface area contributed by atoms with E-state index in [4.69, 9.17) is 0 Å². The topological polar surface area (TPSA) is 20.3 Å². The molecule has 0 amide bonds. The summed E-state index contributed by atoms with van der Waals surface area (Å²) < 4.78 is 0. The maximum absolute atomic E-state index is 11.3. The van der Waals surface area contributed by atoms with E-state index in [1.54, 1.807) is 0 Å². The Kier molecular flexibility index (Phi) is 5.54. The molecule has 0 heterocycles. The van der Waals surface area contributed by atoms with Crippen LogP contribution in [0.4, 0.5) is 0 Å². The summed E-state index contributed by atoms with van der Waals surface area (Å²) in [5.74, 6) is 0. The first-order valence-electron chi connectivity index (χ1n) is 8.18. The minimum atomic E-state index is 0.749. The Labute approximate surface area is 143 Å². The first-order chi connectivity index (χ1) is 11.8. The van der Waals surface area contributed by atoms with E-state index in [9.17, 15) is 4.79 Å². The molecule has 2 nitrogen and oxygen atoms in total. The maximum Gasteiger partial charge on any atom is 0.150 e. The molecule has 0 unspecified atom stereocenters. The fourth-order valence-electron chi connectivity index (χ4n) is 2.89. The second-order valence-electron chi connectivity index (χ2n) is 5.93. The molecule has 0 spiro atoms. The zero-order valence-corrected chi connectivity index (χ0v) is 13.6. The number of benzene rings is 3. The van der Waals surface area contributed by atoms with Crippen molar-refractivity contribution in [2.75, 3.05) is 0 Å². The molecule has 0 atom stereocenters. The zero-order valence-electron chi connectivity index (χ0n) is 13.6. The number of aldehydes is 1. The van der Waals surface area contributed by atoms with Crippen LogP contribution in [0.3, 0.4) is 0 Å². The van der Waals surface area contributed by atoms with Gasteiger partial charge in [0.25, 0.3) is 0 Å². The van der Waals surface area contributed by atoms with Gasteiger partial charge in [0.1, 0.15) is 6.29 Å². The van der Waals surface area contributed by atoms with E-state index in [2.05, 4.69) is 53.4 Å². The van der Waals surface area contributed by atoms with Gasteiger partial charge in [0, 0.05) is 25.2 Å². The summed E-state index contributed by atoms with van der Waals surface area (Å²) in [4.78, 5) is 13.7. The summed E-state index contributed by atoms with van der Waals surface area (Å²) in [6, 6.07) is 28.7. The van der Waals surface area contributed by atoms with Crippen LogP contribution in [0.1, 0.15) is 27.0 Å². The molecule has 3 aromatic rings. The van der Waals surface area contributed by atoms with Gasteiger partial charge >= 0.3 is 0 Å². The van der Waals surface area contributed by atoms with Gasteiger partial charge in [-0.3, -0.25) is 9.69 Å². The highest BCUT2D eigenvalue weighted by atomic mass is 16.1. The van der Waals surface area contributed by atoms with Crippen LogP contribution in [-0.4, -0.2) is 11.2 Å². The fraction of sp³-hybridized carbons (Fsp3) is 0.136. The summed E-state index contributed by atoms with van der Waals surface area (Å²) >= 11 is 0. The first-order valence-corrected chi connectivity index (χ1v) is 8.18. The normalized spacial score (nSPS) is 10.7. The monoisotopic (exact) mass is 315 g/mol. The molecule has 0 aliphatic rings. The lowest BCUT2D eigenvalue weighted by Gasteiger charge is -2.23. The number of carbonyl (C=O) groups excluding carboxylic acids is 1. The molecular weight excluding hydrogens is 294 g/mol. The highest BCUT2D eigenvalue weighted by Crippen LogP contribution is 2.16. The standard InChI is InChI=1S/C22H21NO/c24-18-22-14-8-7-13-21(22)17-23(15-19-9-3-1-4-10-19)16-20-11-5-2-6-12-20/h1-14,18H,15-17H2. The van der Waals surface area contributed by atoms with Crippen molar-refractivity contribution >= 4 is 6.29 Å². The van der Waals surface area contributed by atoms with Crippen LogP contribution >= 0.6 is 0 Å². The molecule has 0 bridgehead atoms. The fourth-order valence-corrected chi connectivity index (χ4v) is 2.89. The van der Waals surface area contributed by atoms with Crippen molar-refractivity contribution in [1.29, 1.82) is 0 Å². The van der Waals surface area contributed by atoms with Gasteiger partial charge in [0.05, 0.1) is 0 Å². The predicted octanol–water partition coefficient (Wildman–Crippen LogP) is 4.70. The highest BCUT2D eigenvalue weighted by Gasteiger charge is 2.10. The van der Waals surface area contributed by atoms with Crippen molar-refractivity contribution in [1.82, 2.24) is 4.90 Å².